The summed E-state index contributed by atoms with van der Waals surface area (Å²) in [5, 5.41) is 0. The van der Waals surface area contributed by atoms with Gasteiger partial charge in [-0.3, -0.25) is 4.79 Å². The molecule has 2 heteroatoms. The SMILES string of the molecule is CC(C)[C@@H](C)CC(N)=O. The summed E-state index contributed by atoms with van der Waals surface area (Å²) in [5.41, 5.74) is 4.99. The lowest BCUT2D eigenvalue weighted by molar-refractivity contribution is -0.119. The van der Waals surface area contributed by atoms with Gasteiger partial charge < -0.3 is 5.73 Å². The molecule has 9 heavy (non-hydrogen) atoms. The van der Waals surface area contributed by atoms with Gasteiger partial charge in [0, 0.05) is 6.42 Å². The lowest BCUT2D eigenvalue weighted by atomic mass is 9.95. The van der Waals surface area contributed by atoms with Crippen LogP contribution in [0, 0.1) is 11.8 Å². The number of rotatable bonds is 3. The normalized spacial score (nSPS) is 13.8. The fourth-order valence-corrected chi connectivity index (χ4v) is 0.553. The van der Waals surface area contributed by atoms with E-state index in [4.69, 9.17) is 5.73 Å². The van der Waals surface area contributed by atoms with Crippen molar-refractivity contribution in [1.29, 1.82) is 0 Å². The average Bonchev–Trinajstić information content (AvgIpc) is 1.63. The van der Waals surface area contributed by atoms with E-state index in [2.05, 4.69) is 13.8 Å². The Hall–Kier alpha value is -0.530. The van der Waals surface area contributed by atoms with Crippen LogP contribution in [-0.4, -0.2) is 5.91 Å². The highest BCUT2D eigenvalue weighted by Gasteiger charge is 2.08. The van der Waals surface area contributed by atoms with E-state index in [1.165, 1.54) is 0 Å². The zero-order valence-corrected chi connectivity index (χ0v) is 6.35. The summed E-state index contributed by atoms with van der Waals surface area (Å²) < 4.78 is 0. The molecule has 0 heterocycles. The lowest BCUT2D eigenvalue weighted by Crippen LogP contribution is -2.17. The summed E-state index contributed by atoms with van der Waals surface area (Å²) in [5.74, 6) is 0.774. The van der Waals surface area contributed by atoms with Crippen LogP contribution in [0.2, 0.25) is 0 Å². The number of carbonyl (C=O) groups is 1. The molecule has 0 rings (SSSR count). The van der Waals surface area contributed by atoms with Crippen molar-refractivity contribution in [2.75, 3.05) is 0 Å². The standard InChI is InChI=1S/C7H15NO/c1-5(2)6(3)4-7(8)9/h5-6H,4H2,1-3H3,(H2,8,9)/t6-/m0/s1. The maximum atomic E-state index is 10.3. The van der Waals surface area contributed by atoms with Gasteiger partial charge >= 0.3 is 0 Å². The summed E-state index contributed by atoms with van der Waals surface area (Å²) in [4.78, 5) is 10.3. The van der Waals surface area contributed by atoms with Crippen LogP contribution >= 0.6 is 0 Å². The fourth-order valence-electron chi connectivity index (χ4n) is 0.553. The molecular weight excluding hydrogens is 114 g/mol. The van der Waals surface area contributed by atoms with Crippen LogP contribution in [0.3, 0.4) is 0 Å². The Bertz CT molecular complexity index is 99.1. The van der Waals surface area contributed by atoms with Gasteiger partial charge in [-0.2, -0.15) is 0 Å². The zero-order chi connectivity index (χ0) is 7.44. The van der Waals surface area contributed by atoms with Crippen molar-refractivity contribution in [2.24, 2.45) is 17.6 Å². The maximum Gasteiger partial charge on any atom is 0.217 e. The van der Waals surface area contributed by atoms with Crippen molar-refractivity contribution in [3.63, 3.8) is 0 Å². The molecule has 0 aliphatic rings. The Morgan fingerprint density at radius 1 is 1.44 bits per heavy atom. The van der Waals surface area contributed by atoms with Crippen molar-refractivity contribution >= 4 is 5.91 Å². The summed E-state index contributed by atoms with van der Waals surface area (Å²) in [6.45, 7) is 6.22. The smallest absolute Gasteiger partial charge is 0.217 e. The minimum Gasteiger partial charge on any atom is -0.370 e. The largest absolute Gasteiger partial charge is 0.370 e. The molecule has 54 valence electrons. The highest BCUT2D eigenvalue weighted by Crippen LogP contribution is 2.12. The monoisotopic (exact) mass is 129 g/mol. The van der Waals surface area contributed by atoms with Crippen molar-refractivity contribution < 1.29 is 4.79 Å². The topological polar surface area (TPSA) is 43.1 Å². The number of carbonyl (C=O) groups excluding carboxylic acids is 1. The lowest BCUT2D eigenvalue weighted by Gasteiger charge is -2.11. The van der Waals surface area contributed by atoms with Gasteiger partial charge in [-0.15, -0.1) is 0 Å². The molecule has 0 saturated heterocycles. The van der Waals surface area contributed by atoms with Gasteiger partial charge in [0.1, 0.15) is 0 Å². The van der Waals surface area contributed by atoms with E-state index in [-0.39, 0.29) is 5.91 Å². The minimum absolute atomic E-state index is 0.198. The van der Waals surface area contributed by atoms with Gasteiger partial charge in [0.2, 0.25) is 5.91 Å². The van der Waals surface area contributed by atoms with Gasteiger partial charge in [-0.05, 0) is 11.8 Å². The van der Waals surface area contributed by atoms with Crippen LogP contribution in [0.15, 0.2) is 0 Å². The molecule has 0 bridgehead atoms. The third-order valence-electron chi connectivity index (χ3n) is 1.66. The summed E-state index contributed by atoms with van der Waals surface area (Å²) >= 11 is 0. The molecule has 0 radical (unpaired) electrons. The van der Waals surface area contributed by atoms with E-state index in [0.29, 0.717) is 18.3 Å². The third-order valence-corrected chi connectivity index (χ3v) is 1.66. The molecule has 0 fully saturated rings. The highest BCUT2D eigenvalue weighted by molar-refractivity contribution is 5.73. The van der Waals surface area contributed by atoms with E-state index >= 15 is 0 Å². The molecule has 1 amide bonds. The van der Waals surface area contributed by atoms with Crippen LogP contribution in [-0.2, 0) is 4.79 Å². The second-order valence-corrected chi connectivity index (χ2v) is 2.89. The van der Waals surface area contributed by atoms with Gasteiger partial charge in [-0.25, -0.2) is 0 Å². The molecule has 0 aromatic heterocycles. The first-order chi connectivity index (χ1) is 4.04. The molecule has 0 saturated carbocycles. The fraction of sp³-hybridized carbons (Fsp3) is 0.857. The first-order valence-electron chi connectivity index (χ1n) is 3.32. The van der Waals surface area contributed by atoms with Gasteiger partial charge in [-0.1, -0.05) is 20.8 Å². The second kappa shape index (κ2) is 3.49. The van der Waals surface area contributed by atoms with Crippen LogP contribution in [0.5, 0.6) is 0 Å². The summed E-state index contributed by atoms with van der Waals surface area (Å²) in [6, 6.07) is 0. The molecule has 2 N–H and O–H groups in total. The molecule has 0 aliphatic carbocycles. The van der Waals surface area contributed by atoms with Gasteiger partial charge in [0.25, 0.3) is 0 Å². The van der Waals surface area contributed by atoms with Gasteiger partial charge in [0.15, 0.2) is 0 Å². The molecule has 0 aliphatic heterocycles. The maximum absolute atomic E-state index is 10.3. The Morgan fingerprint density at radius 2 is 1.89 bits per heavy atom. The van der Waals surface area contributed by atoms with Crippen LogP contribution in [0.1, 0.15) is 27.2 Å². The molecule has 0 aromatic carbocycles. The second-order valence-electron chi connectivity index (χ2n) is 2.89. The molecule has 0 spiro atoms. The minimum atomic E-state index is -0.198. The predicted octanol–water partition coefficient (Wildman–Crippen LogP) is 1.15. The van der Waals surface area contributed by atoms with E-state index in [9.17, 15) is 4.79 Å². The van der Waals surface area contributed by atoms with Crippen LogP contribution in [0.4, 0.5) is 0 Å². The van der Waals surface area contributed by atoms with E-state index in [1.807, 2.05) is 6.92 Å². The Labute approximate surface area is 56.4 Å². The van der Waals surface area contributed by atoms with E-state index in [0.717, 1.165) is 0 Å². The molecule has 2 nitrogen and oxygen atoms in total. The molecule has 0 aromatic rings. The molecule has 1 atom stereocenters. The first-order valence-corrected chi connectivity index (χ1v) is 3.32. The van der Waals surface area contributed by atoms with Crippen molar-refractivity contribution in [1.82, 2.24) is 0 Å². The summed E-state index contributed by atoms with van der Waals surface area (Å²) in [6.07, 6.45) is 0.512. The summed E-state index contributed by atoms with van der Waals surface area (Å²) in [7, 11) is 0. The number of hydrogen-bond donors (Lipinski definition) is 1. The first kappa shape index (κ1) is 8.47. The number of nitrogens with two attached hydrogens (primary N) is 1. The predicted molar refractivity (Wildman–Crippen MR) is 37.8 cm³/mol. The highest BCUT2D eigenvalue weighted by atomic mass is 16.1. The number of amides is 1. The Kier molecular flexibility index (Phi) is 3.28. The van der Waals surface area contributed by atoms with E-state index < -0.39 is 0 Å². The zero-order valence-electron chi connectivity index (χ0n) is 6.35. The van der Waals surface area contributed by atoms with Crippen molar-refractivity contribution in [3.8, 4) is 0 Å². The van der Waals surface area contributed by atoms with Crippen LogP contribution in [0.25, 0.3) is 0 Å². The average molecular weight is 129 g/mol. The number of primary amides is 1. The van der Waals surface area contributed by atoms with Crippen molar-refractivity contribution in [3.05, 3.63) is 0 Å². The quantitative estimate of drug-likeness (QED) is 0.610. The van der Waals surface area contributed by atoms with Gasteiger partial charge in [0.05, 0.1) is 0 Å². The number of hydrogen-bond acceptors (Lipinski definition) is 1. The Balaban J connectivity index is 3.50. The Morgan fingerprint density at radius 3 is 2.00 bits per heavy atom. The third kappa shape index (κ3) is 4.01. The van der Waals surface area contributed by atoms with Crippen molar-refractivity contribution in [2.45, 2.75) is 27.2 Å². The van der Waals surface area contributed by atoms with E-state index in [1.54, 1.807) is 0 Å². The molecule has 0 unspecified atom stereocenters. The molecular formula is C7H15NO. The van der Waals surface area contributed by atoms with Crippen LogP contribution < -0.4 is 5.73 Å².